The van der Waals surface area contributed by atoms with Crippen molar-refractivity contribution in [3.63, 3.8) is 0 Å². The average molecular weight is 315 g/mol. The smallest absolute Gasteiger partial charge is 0.226 e. The lowest BCUT2D eigenvalue weighted by atomic mass is 10.2. The van der Waals surface area contributed by atoms with E-state index < -0.39 is 0 Å². The first kappa shape index (κ1) is 14.5. The summed E-state index contributed by atoms with van der Waals surface area (Å²) in [4.78, 5) is 16.9. The number of furan rings is 1. The monoisotopic (exact) mass is 315 g/mol. The van der Waals surface area contributed by atoms with Gasteiger partial charge in [0.05, 0.1) is 18.5 Å². The summed E-state index contributed by atoms with van der Waals surface area (Å²) in [5.41, 5.74) is 0.909. The number of hydrogen-bond acceptors (Lipinski definition) is 5. The predicted octanol–water partition coefficient (Wildman–Crippen LogP) is 2.02. The molecule has 1 aliphatic carbocycles. The van der Waals surface area contributed by atoms with Crippen LogP contribution >= 0.6 is 0 Å². The van der Waals surface area contributed by atoms with Gasteiger partial charge < -0.3 is 13.8 Å². The number of nitrogens with zero attached hydrogens (tertiary/aromatic N) is 3. The van der Waals surface area contributed by atoms with Gasteiger partial charge in [0.15, 0.2) is 5.76 Å². The van der Waals surface area contributed by atoms with Gasteiger partial charge in [-0.05, 0) is 25.5 Å². The normalized spacial score (nSPS) is 24.8. The summed E-state index contributed by atoms with van der Waals surface area (Å²) in [6, 6.07) is 5.82. The molecule has 1 aliphatic heterocycles. The van der Waals surface area contributed by atoms with Crippen molar-refractivity contribution in [3.8, 4) is 0 Å². The molecule has 3 heterocycles. The molecule has 0 N–H and O–H groups in total. The number of amides is 1. The van der Waals surface area contributed by atoms with Crippen LogP contribution < -0.4 is 0 Å². The van der Waals surface area contributed by atoms with Gasteiger partial charge in [0.1, 0.15) is 5.76 Å². The van der Waals surface area contributed by atoms with E-state index in [9.17, 15) is 4.79 Å². The largest absolute Gasteiger partial charge is 0.469 e. The molecule has 23 heavy (non-hydrogen) atoms. The second kappa shape index (κ2) is 5.85. The van der Waals surface area contributed by atoms with Gasteiger partial charge in [-0.25, -0.2) is 0 Å². The zero-order valence-corrected chi connectivity index (χ0v) is 13.3. The lowest BCUT2D eigenvalue weighted by molar-refractivity contribution is -0.134. The first-order valence-electron chi connectivity index (χ1n) is 8.17. The van der Waals surface area contributed by atoms with E-state index in [1.54, 1.807) is 6.26 Å². The Bertz CT molecular complexity index is 671. The molecule has 0 bridgehead atoms. The zero-order chi connectivity index (χ0) is 15.8. The lowest BCUT2D eigenvalue weighted by Crippen LogP contribution is -2.48. The first-order chi connectivity index (χ1) is 11.2. The predicted molar refractivity (Wildman–Crippen MR) is 82.7 cm³/mol. The summed E-state index contributed by atoms with van der Waals surface area (Å²) in [5, 5.41) is 3.91. The Morgan fingerprint density at radius 3 is 2.83 bits per heavy atom. The summed E-state index contributed by atoms with van der Waals surface area (Å²) in [5.74, 6) is 2.52. The number of piperazine rings is 1. The highest BCUT2D eigenvalue weighted by molar-refractivity contribution is 5.83. The van der Waals surface area contributed by atoms with Crippen LogP contribution in [0.15, 0.2) is 33.4 Å². The molecule has 2 aliphatic rings. The summed E-state index contributed by atoms with van der Waals surface area (Å²) in [7, 11) is 0. The molecule has 2 atom stereocenters. The second-order valence-electron chi connectivity index (χ2n) is 6.50. The zero-order valence-electron chi connectivity index (χ0n) is 13.3. The van der Waals surface area contributed by atoms with Crippen LogP contribution in [0.2, 0.25) is 0 Å². The number of aryl methyl sites for hydroxylation is 1. The molecular weight excluding hydrogens is 294 g/mol. The lowest BCUT2D eigenvalue weighted by Gasteiger charge is -2.34. The minimum atomic E-state index is 0.115. The molecule has 2 aromatic rings. The third-order valence-corrected chi connectivity index (χ3v) is 4.76. The SMILES string of the molecule is Cc1cc(CN2CCN(C(=O)[C@@H]3C[C@@H]3c3ccco3)CC2)on1. The van der Waals surface area contributed by atoms with Gasteiger partial charge in [-0.1, -0.05) is 5.16 Å². The van der Waals surface area contributed by atoms with E-state index in [0.717, 1.165) is 56.4 Å². The van der Waals surface area contributed by atoms with Crippen LogP contribution in [0.4, 0.5) is 0 Å². The second-order valence-corrected chi connectivity index (χ2v) is 6.50. The minimum absolute atomic E-state index is 0.115. The Morgan fingerprint density at radius 1 is 1.35 bits per heavy atom. The molecule has 6 nitrogen and oxygen atoms in total. The highest BCUT2D eigenvalue weighted by atomic mass is 16.5. The molecule has 1 saturated heterocycles. The van der Waals surface area contributed by atoms with Gasteiger partial charge in [-0.15, -0.1) is 0 Å². The standard InChI is InChI=1S/C17H21N3O3/c1-12-9-13(23-18-12)11-19-4-6-20(7-5-19)17(21)15-10-14(15)16-3-2-8-22-16/h2-3,8-9,14-15H,4-7,10-11H2,1H3/t14-,15+/m0/s1. The number of rotatable bonds is 4. The molecule has 1 amide bonds. The number of carbonyl (C=O) groups excluding carboxylic acids is 1. The fraction of sp³-hybridized carbons (Fsp3) is 0.529. The maximum Gasteiger partial charge on any atom is 0.226 e. The Labute approximate surface area is 135 Å². The van der Waals surface area contributed by atoms with Crippen molar-refractivity contribution in [1.29, 1.82) is 0 Å². The molecule has 0 aromatic carbocycles. The third-order valence-electron chi connectivity index (χ3n) is 4.76. The number of carbonyl (C=O) groups is 1. The van der Waals surface area contributed by atoms with E-state index >= 15 is 0 Å². The van der Waals surface area contributed by atoms with Gasteiger partial charge in [0, 0.05) is 44.1 Å². The van der Waals surface area contributed by atoms with Crippen LogP contribution in [0.25, 0.3) is 0 Å². The van der Waals surface area contributed by atoms with E-state index in [2.05, 4.69) is 10.1 Å². The Kier molecular flexibility index (Phi) is 3.69. The molecular formula is C17H21N3O3. The summed E-state index contributed by atoms with van der Waals surface area (Å²) in [6.45, 7) is 6.02. The third kappa shape index (κ3) is 3.03. The molecule has 0 unspecified atom stereocenters. The van der Waals surface area contributed by atoms with Crippen molar-refractivity contribution in [2.45, 2.75) is 25.8 Å². The van der Waals surface area contributed by atoms with Crippen LogP contribution in [0, 0.1) is 12.8 Å². The van der Waals surface area contributed by atoms with Crippen molar-refractivity contribution >= 4 is 5.91 Å². The van der Waals surface area contributed by atoms with Crippen molar-refractivity contribution in [2.24, 2.45) is 5.92 Å². The van der Waals surface area contributed by atoms with Gasteiger partial charge in [-0.2, -0.15) is 0 Å². The van der Waals surface area contributed by atoms with Crippen LogP contribution in [0.3, 0.4) is 0 Å². The topological polar surface area (TPSA) is 62.7 Å². The number of hydrogen-bond donors (Lipinski definition) is 0. The molecule has 122 valence electrons. The van der Waals surface area contributed by atoms with Crippen molar-refractivity contribution in [3.05, 3.63) is 41.7 Å². The van der Waals surface area contributed by atoms with Gasteiger partial charge >= 0.3 is 0 Å². The summed E-state index contributed by atoms with van der Waals surface area (Å²) in [6.07, 6.45) is 2.60. The van der Waals surface area contributed by atoms with Gasteiger partial charge in [0.25, 0.3) is 0 Å². The van der Waals surface area contributed by atoms with E-state index in [-0.39, 0.29) is 17.7 Å². The Morgan fingerprint density at radius 2 is 2.17 bits per heavy atom. The molecule has 2 fully saturated rings. The van der Waals surface area contributed by atoms with Crippen molar-refractivity contribution in [2.75, 3.05) is 26.2 Å². The van der Waals surface area contributed by atoms with Crippen molar-refractivity contribution < 1.29 is 13.7 Å². The van der Waals surface area contributed by atoms with Crippen LogP contribution in [-0.4, -0.2) is 47.0 Å². The Balaban J connectivity index is 1.27. The average Bonchev–Trinajstić information content (AvgIpc) is 2.96. The molecule has 0 spiro atoms. The fourth-order valence-corrected chi connectivity index (χ4v) is 3.36. The summed E-state index contributed by atoms with van der Waals surface area (Å²) < 4.78 is 10.7. The van der Waals surface area contributed by atoms with Crippen LogP contribution in [0.1, 0.15) is 29.6 Å². The molecule has 6 heteroatoms. The summed E-state index contributed by atoms with van der Waals surface area (Å²) >= 11 is 0. The van der Waals surface area contributed by atoms with E-state index in [1.165, 1.54) is 0 Å². The van der Waals surface area contributed by atoms with E-state index in [4.69, 9.17) is 8.94 Å². The Hall–Kier alpha value is -2.08. The highest BCUT2D eigenvalue weighted by Gasteiger charge is 2.47. The highest BCUT2D eigenvalue weighted by Crippen LogP contribution is 2.48. The maximum atomic E-state index is 12.6. The van der Waals surface area contributed by atoms with Crippen LogP contribution in [-0.2, 0) is 11.3 Å². The first-order valence-corrected chi connectivity index (χ1v) is 8.17. The number of aromatic nitrogens is 1. The molecule has 0 radical (unpaired) electrons. The minimum Gasteiger partial charge on any atom is -0.469 e. The fourth-order valence-electron chi connectivity index (χ4n) is 3.36. The van der Waals surface area contributed by atoms with E-state index in [0.29, 0.717) is 0 Å². The molecule has 1 saturated carbocycles. The molecule has 4 rings (SSSR count). The van der Waals surface area contributed by atoms with E-state index in [1.807, 2.05) is 30.0 Å². The molecule has 2 aromatic heterocycles. The van der Waals surface area contributed by atoms with Gasteiger partial charge in [-0.3, -0.25) is 9.69 Å². The quantitative estimate of drug-likeness (QED) is 0.864. The van der Waals surface area contributed by atoms with Crippen molar-refractivity contribution in [1.82, 2.24) is 15.0 Å². The van der Waals surface area contributed by atoms with Crippen LogP contribution in [0.5, 0.6) is 0 Å². The maximum absolute atomic E-state index is 12.6. The van der Waals surface area contributed by atoms with Gasteiger partial charge in [0.2, 0.25) is 5.91 Å².